The maximum absolute atomic E-state index is 11.1. The van der Waals surface area contributed by atoms with E-state index in [9.17, 15) is 19.5 Å². The Balaban J connectivity index is 4.29. The quantitative estimate of drug-likeness (QED) is 0.220. The van der Waals surface area contributed by atoms with E-state index in [2.05, 4.69) is 16.4 Å². The van der Waals surface area contributed by atoms with E-state index in [-0.39, 0.29) is 0 Å². The molecule has 0 aliphatic rings. The van der Waals surface area contributed by atoms with Gasteiger partial charge in [0.15, 0.2) is 0 Å². The van der Waals surface area contributed by atoms with Crippen molar-refractivity contribution in [2.75, 3.05) is 6.54 Å². The third-order valence-corrected chi connectivity index (χ3v) is 1.33. The average Bonchev–Trinajstić information content (AvgIpc) is 2.24. The Morgan fingerprint density at radius 1 is 1.50 bits per heavy atom. The second-order valence-corrected chi connectivity index (χ2v) is 2.80. The summed E-state index contributed by atoms with van der Waals surface area (Å²) in [5.74, 6) is -3.17. The van der Waals surface area contributed by atoms with Crippen LogP contribution in [-0.4, -0.2) is 35.2 Å². The number of aliphatic hydroxyl groups is 1. The number of hydrogen-bond acceptors (Lipinski definition) is 7. The van der Waals surface area contributed by atoms with E-state index in [4.69, 9.17) is 5.73 Å². The van der Waals surface area contributed by atoms with Gasteiger partial charge in [-0.2, -0.15) is 0 Å². The Bertz CT molecular complexity index is 312. The molecule has 8 nitrogen and oxygen atoms in total. The number of nitrogens with two attached hydrogens (primary N) is 1. The second-order valence-electron chi connectivity index (χ2n) is 2.80. The molecule has 0 aliphatic carbocycles. The molecule has 0 saturated heterocycles. The van der Waals surface area contributed by atoms with Crippen molar-refractivity contribution in [3.05, 3.63) is 12.7 Å². The first-order chi connectivity index (χ1) is 7.33. The number of hydrogen-bond donors (Lipinski definition) is 3. The van der Waals surface area contributed by atoms with Crippen LogP contribution in [0.2, 0.25) is 0 Å². The van der Waals surface area contributed by atoms with Crippen LogP contribution in [-0.2, 0) is 24.2 Å². The lowest BCUT2D eigenvalue weighted by atomic mass is 10.2. The summed E-state index contributed by atoms with van der Waals surface area (Å²) >= 11 is 0. The minimum Gasteiger partial charge on any atom is -0.362 e. The Morgan fingerprint density at radius 3 is 2.50 bits per heavy atom. The zero-order valence-corrected chi connectivity index (χ0v) is 8.56. The lowest BCUT2D eigenvalue weighted by Gasteiger charge is -2.20. The molecule has 1 unspecified atom stereocenters. The first kappa shape index (κ1) is 14.1. The van der Waals surface area contributed by atoms with Crippen molar-refractivity contribution in [3.63, 3.8) is 0 Å². The molecule has 16 heavy (non-hydrogen) atoms. The molecule has 1 atom stereocenters. The number of rotatable bonds is 4. The van der Waals surface area contributed by atoms with Crippen molar-refractivity contribution in [1.82, 2.24) is 5.32 Å². The highest BCUT2D eigenvalue weighted by Crippen LogP contribution is 2.02. The molecule has 0 bridgehead atoms. The summed E-state index contributed by atoms with van der Waals surface area (Å²) in [5.41, 5.74) is 2.61. The summed E-state index contributed by atoms with van der Waals surface area (Å²) in [6, 6.07) is 0. The second kappa shape index (κ2) is 5.83. The third-order valence-electron chi connectivity index (χ3n) is 1.33. The van der Waals surface area contributed by atoms with Gasteiger partial charge in [0.25, 0.3) is 0 Å². The maximum Gasteiger partial charge on any atom is 0.407 e. The molecule has 90 valence electrons. The summed E-state index contributed by atoms with van der Waals surface area (Å²) in [7, 11) is 0. The van der Waals surface area contributed by atoms with Crippen molar-refractivity contribution in [3.8, 4) is 0 Å². The summed E-state index contributed by atoms with van der Waals surface area (Å²) in [6.45, 7) is 3.56. The molecule has 0 rings (SSSR count). The van der Waals surface area contributed by atoms with Crippen molar-refractivity contribution >= 4 is 17.8 Å². The zero-order chi connectivity index (χ0) is 12.8. The van der Waals surface area contributed by atoms with E-state index in [0.29, 0.717) is 0 Å². The molecule has 0 radical (unpaired) electrons. The van der Waals surface area contributed by atoms with Gasteiger partial charge in [-0.3, -0.25) is 4.79 Å². The van der Waals surface area contributed by atoms with Gasteiger partial charge >= 0.3 is 11.9 Å². The number of carbonyl (C=O) groups excluding carboxylic acids is 3. The SMILES string of the molecule is C=CC(=O)OOC(=O)C(C)(O)NC(=O)CN. The van der Waals surface area contributed by atoms with Crippen LogP contribution in [0.1, 0.15) is 6.92 Å². The van der Waals surface area contributed by atoms with Crippen LogP contribution in [0.25, 0.3) is 0 Å². The largest absolute Gasteiger partial charge is 0.407 e. The predicted octanol–water partition coefficient (Wildman–Crippen LogP) is -2.04. The topological polar surface area (TPSA) is 128 Å². The Morgan fingerprint density at radius 2 is 2.06 bits per heavy atom. The van der Waals surface area contributed by atoms with Crippen LogP contribution in [0.5, 0.6) is 0 Å². The van der Waals surface area contributed by atoms with Crippen LogP contribution in [0.3, 0.4) is 0 Å². The van der Waals surface area contributed by atoms with Gasteiger partial charge < -0.3 is 16.2 Å². The van der Waals surface area contributed by atoms with Gasteiger partial charge in [-0.05, 0) is 6.92 Å². The van der Waals surface area contributed by atoms with Crippen LogP contribution < -0.4 is 11.1 Å². The molecule has 0 spiro atoms. The fourth-order valence-electron chi connectivity index (χ4n) is 0.568. The average molecular weight is 232 g/mol. The molecular formula is C8H12N2O6. The smallest absolute Gasteiger partial charge is 0.362 e. The molecule has 4 N–H and O–H groups in total. The van der Waals surface area contributed by atoms with E-state index in [1.807, 2.05) is 5.32 Å². The van der Waals surface area contributed by atoms with Gasteiger partial charge in [-0.1, -0.05) is 6.58 Å². The highest BCUT2D eigenvalue weighted by atomic mass is 17.2. The summed E-state index contributed by atoms with van der Waals surface area (Å²) in [5, 5.41) is 11.2. The van der Waals surface area contributed by atoms with Gasteiger partial charge in [0.2, 0.25) is 11.6 Å². The fraction of sp³-hybridized carbons (Fsp3) is 0.375. The van der Waals surface area contributed by atoms with Crippen molar-refractivity contribution in [1.29, 1.82) is 0 Å². The van der Waals surface area contributed by atoms with E-state index in [1.54, 1.807) is 0 Å². The number of carbonyl (C=O) groups is 3. The van der Waals surface area contributed by atoms with Crippen molar-refractivity contribution in [2.24, 2.45) is 5.73 Å². The minimum absolute atomic E-state index is 0.421. The molecule has 0 aromatic rings. The molecule has 0 fully saturated rings. The molecule has 1 amide bonds. The first-order valence-electron chi connectivity index (χ1n) is 4.12. The van der Waals surface area contributed by atoms with Crippen LogP contribution in [0.4, 0.5) is 0 Å². The van der Waals surface area contributed by atoms with Crippen LogP contribution in [0.15, 0.2) is 12.7 Å². The molecule has 8 heteroatoms. The van der Waals surface area contributed by atoms with E-state index in [0.717, 1.165) is 13.0 Å². The molecule has 0 aromatic heterocycles. The zero-order valence-electron chi connectivity index (χ0n) is 8.56. The minimum atomic E-state index is -2.34. The van der Waals surface area contributed by atoms with Gasteiger partial charge in [0.1, 0.15) is 0 Å². The number of amides is 1. The van der Waals surface area contributed by atoms with Crippen molar-refractivity contribution < 1.29 is 29.3 Å². The third kappa shape index (κ3) is 4.53. The number of nitrogens with one attached hydrogen (secondary N) is 1. The van der Waals surface area contributed by atoms with Crippen LogP contribution in [0, 0.1) is 0 Å². The maximum atomic E-state index is 11.1. The highest BCUT2D eigenvalue weighted by Gasteiger charge is 2.35. The molecular weight excluding hydrogens is 220 g/mol. The van der Waals surface area contributed by atoms with Crippen molar-refractivity contribution in [2.45, 2.75) is 12.6 Å². The van der Waals surface area contributed by atoms with Crippen LogP contribution >= 0.6 is 0 Å². The lowest BCUT2D eigenvalue weighted by Crippen LogP contribution is -2.54. The van der Waals surface area contributed by atoms with E-state index in [1.165, 1.54) is 0 Å². The van der Waals surface area contributed by atoms with Gasteiger partial charge in [-0.25, -0.2) is 19.4 Å². The lowest BCUT2D eigenvalue weighted by molar-refractivity contribution is -0.267. The molecule has 0 aliphatic heterocycles. The normalized spacial score (nSPS) is 13.2. The monoisotopic (exact) mass is 232 g/mol. The summed E-state index contributed by atoms with van der Waals surface area (Å²) in [6.07, 6.45) is 0.750. The van der Waals surface area contributed by atoms with Gasteiger partial charge in [0.05, 0.1) is 6.54 Å². The Kier molecular flexibility index (Phi) is 5.13. The predicted molar refractivity (Wildman–Crippen MR) is 50.2 cm³/mol. The first-order valence-corrected chi connectivity index (χ1v) is 4.12. The fourth-order valence-corrected chi connectivity index (χ4v) is 0.568. The van der Waals surface area contributed by atoms with E-state index >= 15 is 0 Å². The summed E-state index contributed by atoms with van der Waals surface area (Å²) < 4.78 is 0. The Labute approximate surface area is 90.9 Å². The molecule has 0 heterocycles. The molecule has 0 saturated carbocycles. The molecule has 0 aromatic carbocycles. The highest BCUT2D eigenvalue weighted by molar-refractivity contribution is 5.87. The van der Waals surface area contributed by atoms with E-state index < -0.39 is 30.1 Å². The van der Waals surface area contributed by atoms with Gasteiger partial charge in [0, 0.05) is 6.08 Å². The standard InChI is InChI=1S/C8H12N2O6/c1-3-6(12)15-16-7(13)8(2,14)10-5(11)4-9/h3,14H,1,4,9H2,2H3,(H,10,11). The Hall–Kier alpha value is -1.93. The van der Waals surface area contributed by atoms with Gasteiger partial charge in [-0.15, -0.1) is 0 Å². The summed E-state index contributed by atoms with van der Waals surface area (Å²) in [4.78, 5) is 40.3.